The zero-order chi connectivity index (χ0) is 12.7. The number of nitrogens with one attached hydrogen (secondary N) is 1. The summed E-state index contributed by atoms with van der Waals surface area (Å²) in [7, 11) is 3.25. The number of methoxy groups -OCH3 is 2. The molecular weight excluding hydrogens is 218 g/mol. The third-order valence-electron chi connectivity index (χ3n) is 2.52. The number of hydrogen-bond donors (Lipinski definition) is 2. The normalized spacial score (nSPS) is 12.2. The summed E-state index contributed by atoms with van der Waals surface area (Å²) in [5, 5.41) is 12.4. The van der Waals surface area contributed by atoms with Crippen LogP contribution < -0.4 is 14.8 Å². The highest BCUT2D eigenvalue weighted by Gasteiger charge is 2.04. The first-order valence-corrected chi connectivity index (χ1v) is 5.77. The van der Waals surface area contributed by atoms with E-state index < -0.39 is 0 Å². The van der Waals surface area contributed by atoms with Gasteiger partial charge in [0.05, 0.1) is 20.3 Å². The molecule has 2 N–H and O–H groups in total. The molecule has 0 saturated heterocycles. The van der Waals surface area contributed by atoms with Crippen LogP contribution in [0.1, 0.15) is 18.9 Å². The molecule has 0 heterocycles. The molecule has 0 radical (unpaired) electrons. The molecule has 0 aromatic heterocycles. The molecule has 0 bridgehead atoms. The zero-order valence-corrected chi connectivity index (χ0v) is 10.7. The topological polar surface area (TPSA) is 50.7 Å². The van der Waals surface area contributed by atoms with E-state index in [0.717, 1.165) is 36.6 Å². The monoisotopic (exact) mass is 239 g/mol. The lowest BCUT2D eigenvalue weighted by Gasteiger charge is -2.10. The lowest BCUT2D eigenvalue weighted by Crippen LogP contribution is -2.18. The summed E-state index contributed by atoms with van der Waals surface area (Å²) < 4.78 is 10.4. The van der Waals surface area contributed by atoms with Crippen molar-refractivity contribution in [1.82, 2.24) is 5.32 Å². The SMILES string of the molecule is COc1ccc(CNCCC(C)O)cc1OC. The molecule has 0 spiro atoms. The molecule has 0 saturated carbocycles. The molecule has 1 rings (SSSR count). The first kappa shape index (κ1) is 13.8. The summed E-state index contributed by atoms with van der Waals surface area (Å²) in [5.74, 6) is 1.47. The van der Waals surface area contributed by atoms with Gasteiger partial charge in [0, 0.05) is 6.54 Å². The van der Waals surface area contributed by atoms with Gasteiger partial charge in [-0.25, -0.2) is 0 Å². The van der Waals surface area contributed by atoms with Crippen LogP contribution in [0, 0.1) is 0 Å². The van der Waals surface area contributed by atoms with Gasteiger partial charge in [-0.1, -0.05) is 6.07 Å². The quantitative estimate of drug-likeness (QED) is 0.709. The van der Waals surface area contributed by atoms with E-state index in [1.54, 1.807) is 21.1 Å². The average molecular weight is 239 g/mol. The Morgan fingerprint density at radius 1 is 1.24 bits per heavy atom. The smallest absolute Gasteiger partial charge is 0.161 e. The summed E-state index contributed by atoms with van der Waals surface area (Å²) in [6, 6.07) is 5.84. The van der Waals surface area contributed by atoms with Gasteiger partial charge in [-0.05, 0) is 37.6 Å². The Balaban J connectivity index is 2.48. The van der Waals surface area contributed by atoms with Crippen molar-refractivity contribution in [2.45, 2.75) is 26.0 Å². The number of rotatable bonds is 7. The Labute approximate surface area is 103 Å². The van der Waals surface area contributed by atoms with Crippen LogP contribution in [0.3, 0.4) is 0 Å². The Hall–Kier alpha value is -1.26. The third kappa shape index (κ3) is 4.63. The van der Waals surface area contributed by atoms with E-state index in [4.69, 9.17) is 14.6 Å². The molecule has 1 aromatic carbocycles. The Kier molecular flexibility index (Phi) is 5.80. The second-order valence-electron chi connectivity index (χ2n) is 4.00. The largest absolute Gasteiger partial charge is 0.493 e. The van der Waals surface area contributed by atoms with Crippen molar-refractivity contribution in [3.63, 3.8) is 0 Å². The number of ether oxygens (including phenoxy) is 2. The van der Waals surface area contributed by atoms with Gasteiger partial charge in [0.2, 0.25) is 0 Å². The summed E-state index contributed by atoms with van der Waals surface area (Å²) in [5.41, 5.74) is 1.13. The van der Waals surface area contributed by atoms with Crippen LogP contribution in [0.25, 0.3) is 0 Å². The van der Waals surface area contributed by atoms with Gasteiger partial charge in [-0.2, -0.15) is 0 Å². The van der Waals surface area contributed by atoms with E-state index in [0.29, 0.717) is 0 Å². The molecule has 0 aliphatic carbocycles. The highest BCUT2D eigenvalue weighted by atomic mass is 16.5. The number of aliphatic hydroxyl groups is 1. The van der Waals surface area contributed by atoms with E-state index in [2.05, 4.69) is 5.32 Å². The Bertz CT molecular complexity index is 339. The van der Waals surface area contributed by atoms with Crippen LogP contribution in [0.5, 0.6) is 11.5 Å². The minimum atomic E-state index is -0.257. The molecule has 0 amide bonds. The predicted octanol–water partition coefficient (Wildman–Crippen LogP) is 1.56. The highest BCUT2D eigenvalue weighted by molar-refractivity contribution is 5.42. The number of aliphatic hydroxyl groups excluding tert-OH is 1. The molecule has 0 aliphatic rings. The van der Waals surface area contributed by atoms with Crippen LogP contribution in [0.2, 0.25) is 0 Å². The maximum Gasteiger partial charge on any atom is 0.161 e. The lowest BCUT2D eigenvalue weighted by molar-refractivity contribution is 0.183. The van der Waals surface area contributed by atoms with Crippen molar-refractivity contribution < 1.29 is 14.6 Å². The van der Waals surface area contributed by atoms with Crippen molar-refractivity contribution in [2.24, 2.45) is 0 Å². The zero-order valence-electron chi connectivity index (χ0n) is 10.7. The summed E-state index contributed by atoms with van der Waals surface area (Å²) in [6.45, 7) is 3.34. The maximum atomic E-state index is 9.12. The van der Waals surface area contributed by atoms with E-state index >= 15 is 0 Å². The van der Waals surface area contributed by atoms with Crippen molar-refractivity contribution in [1.29, 1.82) is 0 Å². The minimum Gasteiger partial charge on any atom is -0.493 e. The molecule has 1 aromatic rings. The average Bonchev–Trinajstić information content (AvgIpc) is 2.34. The van der Waals surface area contributed by atoms with Crippen LogP contribution in [0.15, 0.2) is 18.2 Å². The number of hydrogen-bond acceptors (Lipinski definition) is 4. The lowest BCUT2D eigenvalue weighted by atomic mass is 10.2. The summed E-state index contributed by atoms with van der Waals surface area (Å²) in [6.07, 6.45) is 0.501. The molecule has 1 atom stereocenters. The van der Waals surface area contributed by atoms with E-state index in [1.165, 1.54) is 0 Å². The second kappa shape index (κ2) is 7.14. The van der Waals surface area contributed by atoms with Gasteiger partial charge in [-0.15, -0.1) is 0 Å². The van der Waals surface area contributed by atoms with Crippen LogP contribution >= 0.6 is 0 Å². The molecule has 17 heavy (non-hydrogen) atoms. The van der Waals surface area contributed by atoms with Crippen molar-refractivity contribution in [2.75, 3.05) is 20.8 Å². The second-order valence-corrected chi connectivity index (χ2v) is 4.00. The fourth-order valence-corrected chi connectivity index (χ4v) is 1.53. The molecule has 1 unspecified atom stereocenters. The van der Waals surface area contributed by atoms with Gasteiger partial charge < -0.3 is 19.9 Å². The summed E-state index contributed by atoms with van der Waals surface area (Å²) in [4.78, 5) is 0. The van der Waals surface area contributed by atoms with Crippen molar-refractivity contribution in [3.8, 4) is 11.5 Å². The predicted molar refractivity (Wildman–Crippen MR) is 67.6 cm³/mol. The fraction of sp³-hybridized carbons (Fsp3) is 0.538. The van der Waals surface area contributed by atoms with Gasteiger partial charge in [0.25, 0.3) is 0 Å². The van der Waals surface area contributed by atoms with Crippen LogP contribution in [0.4, 0.5) is 0 Å². The highest BCUT2D eigenvalue weighted by Crippen LogP contribution is 2.27. The first-order chi connectivity index (χ1) is 8.17. The minimum absolute atomic E-state index is 0.257. The fourth-order valence-electron chi connectivity index (χ4n) is 1.53. The van der Waals surface area contributed by atoms with E-state index in [1.807, 2.05) is 18.2 Å². The van der Waals surface area contributed by atoms with Gasteiger partial charge in [-0.3, -0.25) is 0 Å². The maximum absolute atomic E-state index is 9.12. The van der Waals surface area contributed by atoms with Gasteiger partial charge >= 0.3 is 0 Å². The molecule has 96 valence electrons. The first-order valence-electron chi connectivity index (χ1n) is 5.77. The molecule has 0 aliphatic heterocycles. The van der Waals surface area contributed by atoms with Crippen molar-refractivity contribution >= 4 is 0 Å². The molecular formula is C13H21NO3. The van der Waals surface area contributed by atoms with Gasteiger partial charge in [0.1, 0.15) is 0 Å². The molecule has 4 nitrogen and oxygen atoms in total. The Morgan fingerprint density at radius 3 is 2.53 bits per heavy atom. The van der Waals surface area contributed by atoms with Crippen molar-refractivity contribution in [3.05, 3.63) is 23.8 Å². The standard InChI is InChI=1S/C13H21NO3/c1-10(15)6-7-14-9-11-4-5-12(16-2)13(8-11)17-3/h4-5,8,10,14-15H,6-7,9H2,1-3H3. The summed E-state index contributed by atoms with van der Waals surface area (Å²) >= 11 is 0. The van der Waals surface area contributed by atoms with E-state index in [-0.39, 0.29) is 6.10 Å². The third-order valence-corrected chi connectivity index (χ3v) is 2.52. The van der Waals surface area contributed by atoms with Gasteiger partial charge in [0.15, 0.2) is 11.5 Å². The molecule has 0 fully saturated rings. The number of benzene rings is 1. The molecule has 4 heteroatoms. The van der Waals surface area contributed by atoms with Crippen LogP contribution in [-0.4, -0.2) is 32.0 Å². The van der Waals surface area contributed by atoms with E-state index in [9.17, 15) is 0 Å². The van der Waals surface area contributed by atoms with Crippen LogP contribution in [-0.2, 0) is 6.54 Å². The Morgan fingerprint density at radius 2 is 1.94 bits per heavy atom.